The fourth-order valence-electron chi connectivity index (χ4n) is 0.546. The zero-order chi connectivity index (χ0) is 7.78. The van der Waals surface area contributed by atoms with Gasteiger partial charge in [-0.3, -0.25) is 4.68 Å². The van der Waals surface area contributed by atoms with Gasteiger partial charge in [-0.15, -0.1) is 0 Å². The van der Waals surface area contributed by atoms with Crippen LogP contribution in [0, 0.1) is 0 Å². The van der Waals surface area contributed by atoms with Gasteiger partial charge in [0.1, 0.15) is 0 Å². The van der Waals surface area contributed by atoms with Crippen LogP contribution >= 0.6 is 0 Å². The maximum absolute atomic E-state index is 10.5. The molecular formula is C4H7N3O2S. The Kier molecular flexibility index (Phi) is 1.49. The summed E-state index contributed by atoms with van der Waals surface area (Å²) in [5, 5.41) is 8.25. The normalized spacial score (nSPS) is 11.8. The number of hydrogen-bond donors (Lipinski definition) is 1. The zero-order valence-corrected chi connectivity index (χ0v) is 6.17. The fourth-order valence-corrected chi connectivity index (χ4v) is 1.04. The van der Waals surface area contributed by atoms with Gasteiger partial charge < -0.3 is 0 Å². The van der Waals surface area contributed by atoms with Crippen LogP contribution in [0.3, 0.4) is 0 Å². The molecule has 5 nitrogen and oxygen atoms in total. The lowest BCUT2D eigenvalue weighted by Gasteiger charge is -1.87. The van der Waals surface area contributed by atoms with Gasteiger partial charge in [0.2, 0.25) is 0 Å². The standard InChI is InChI=1S/C4H7N3O2S/c1-7-3-2-4(6-7)10(5,8)9/h2-3H,1H3,(H2,5,8,9). The summed E-state index contributed by atoms with van der Waals surface area (Å²) >= 11 is 0. The number of aryl methyl sites for hydroxylation is 1. The van der Waals surface area contributed by atoms with Crippen molar-refractivity contribution in [3.8, 4) is 0 Å². The van der Waals surface area contributed by atoms with Crippen molar-refractivity contribution in [2.24, 2.45) is 12.2 Å². The van der Waals surface area contributed by atoms with E-state index in [9.17, 15) is 8.42 Å². The van der Waals surface area contributed by atoms with E-state index in [-0.39, 0.29) is 5.03 Å². The van der Waals surface area contributed by atoms with Gasteiger partial charge in [-0.1, -0.05) is 0 Å². The van der Waals surface area contributed by atoms with E-state index in [0.717, 1.165) is 0 Å². The number of sulfonamides is 1. The van der Waals surface area contributed by atoms with Crippen molar-refractivity contribution in [2.75, 3.05) is 0 Å². The van der Waals surface area contributed by atoms with Crippen LogP contribution in [-0.2, 0) is 17.1 Å². The van der Waals surface area contributed by atoms with Crippen LogP contribution in [0.5, 0.6) is 0 Å². The summed E-state index contributed by atoms with van der Waals surface area (Å²) in [6, 6.07) is 1.34. The first kappa shape index (κ1) is 7.23. The third-order valence-electron chi connectivity index (χ3n) is 0.981. The zero-order valence-electron chi connectivity index (χ0n) is 5.35. The molecule has 0 amide bonds. The molecule has 0 spiro atoms. The lowest BCUT2D eigenvalue weighted by atomic mass is 10.7. The molecule has 1 aromatic heterocycles. The molecule has 0 fully saturated rings. The predicted octanol–water partition coefficient (Wildman–Crippen LogP) is -0.932. The van der Waals surface area contributed by atoms with Gasteiger partial charge in [0.25, 0.3) is 10.0 Å². The summed E-state index contributed by atoms with van der Waals surface area (Å²) in [5.74, 6) is 0. The quantitative estimate of drug-likeness (QED) is 0.577. The van der Waals surface area contributed by atoms with Crippen molar-refractivity contribution in [3.05, 3.63) is 12.3 Å². The molecule has 0 aliphatic carbocycles. The number of rotatable bonds is 1. The van der Waals surface area contributed by atoms with Crippen LogP contribution in [0.2, 0.25) is 0 Å². The third kappa shape index (κ3) is 1.34. The highest BCUT2D eigenvalue weighted by Gasteiger charge is 2.09. The second-order valence-electron chi connectivity index (χ2n) is 1.87. The van der Waals surface area contributed by atoms with E-state index in [0.29, 0.717) is 0 Å². The van der Waals surface area contributed by atoms with E-state index in [1.54, 1.807) is 7.05 Å². The van der Waals surface area contributed by atoms with Crippen molar-refractivity contribution < 1.29 is 8.42 Å². The molecule has 0 aliphatic rings. The Labute approximate surface area is 58.5 Å². The molecular weight excluding hydrogens is 154 g/mol. The molecule has 0 atom stereocenters. The van der Waals surface area contributed by atoms with Crippen LogP contribution in [-0.4, -0.2) is 18.2 Å². The number of aromatic nitrogens is 2. The first-order valence-electron chi connectivity index (χ1n) is 2.52. The van der Waals surface area contributed by atoms with Crippen molar-refractivity contribution in [1.29, 1.82) is 0 Å². The fraction of sp³-hybridized carbons (Fsp3) is 0.250. The summed E-state index contributed by atoms with van der Waals surface area (Å²) in [6.07, 6.45) is 1.51. The van der Waals surface area contributed by atoms with Gasteiger partial charge >= 0.3 is 0 Å². The number of hydrogen-bond acceptors (Lipinski definition) is 3. The third-order valence-corrected chi connectivity index (χ3v) is 1.78. The Balaban J connectivity index is 3.21. The van der Waals surface area contributed by atoms with Crippen molar-refractivity contribution in [3.63, 3.8) is 0 Å². The average Bonchev–Trinajstić information content (AvgIpc) is 2.11. The lowest BCUT2D eigenvalue weighted by Crippen LogP contribution is -2.13. The first-order chi connectivity index (χ1) is 4.50. The van der Waals surface area contributed by atoms with Gasteiger partial charge in [0, 0.05) is 13.2 Å². The molecule has 0 aliphatic heterocycles. The van der Waals surface area contributed by atoms with Gasteiger partial charge in [-0.25, -0.2) is 13.6 Å². The number of nitrogens with two attached hydrogens (primary N) is 1. The second-order valence-corrected chi connectivity index (χ2v) is 3.38. The molecule has 0 aromatic carbocycles. The van der Waals surface area contributed by atoms with Crippen molar-refractivity contribution >= 4 is 10.0 Å². The summed E-state index contributed by atoms with van der Waals surface area (Å²) in [4.78, 5) is 0. The van der Waals surface area contributed by atoms with E-state index >= 15 is 0 Å². The van der Waals surface area contributed by atoms with E-state index in [1.165, 1.54) is 16.9 Å². The molecule has 6 heteroatoms. The van der Waals surface area contributed by atoms with Crippen LogP contribution in [0.15, 0.2) is 17.3 Å². The predicted molar refractivity (Wildman–Crippen MR) is 34.6 cm³/mol. The highest BCUT2D eigenvalue weighted by Crippen LogP contribution is 1.99. The van der Waals surface area contributed by atoms with E-state index in [2.05, 4.69) is 5.10 Å². The largest absolute Gasteiger partial charge is 0.274 e. The van der Waals surface area contributed by atoms with Gasteiger partial charge in [0.15, 0.2) is 5.03 Å². The molecule has 0 unspecified atom stereocenters. The van der Waals surface area contributed by atoms with E-state index in [4.69, 9.17) is 5.14 Å². The highest BCUT2D eigenvalue weighted by molar-refractivity contribution is 7.89. The van der Waals surface area contributed by atoms with Crippen LogP contribution in [0.25, 0.3) is 0 Å². The summed E-state index contributed by atoms with van der Waals surface area (Å²) in [6.45, 7) is 0. The van der Waals surface area contributed by atoms with Gasteiger partial charge in [-0.2, -0.15) is 5.10 Å². The topological polar surface area (TPSA) is 78.0 Å². The monoisotopic (exact) mass is 161 g/mol. The van der Waals surface area contributed by atoms with E-state index < -0.39 is 10.0 Å². The van der Waals surface area contributed by atoms with Crippen molar-refractivity contribution in [2.45, 2.75) is 5.03 Å². The minimum atomic E-state index is -3.61. The Morgan fingerprint density at radius 1 is 1.70 bits per heavy atom. The molecule has 0 bridgehead atoms. The van der Waals surface area contributed by atoms with E-state index in [1.807, 2.05) is 0 Å². The minimum Gasteiger partial charge on any atom is -0.274 e. The molecule has 1 rings (SSSR count). The van der Waals surface area contributed by atoms with Crippen LogP contribution < -0.4 is 5.14 Å². The average molecular weight is 161 g/mol. The summed E-state index contributed by atoms with van der Waals surface area (Å²) in [7, 11) is -1.99. The molecule has 1 aromatic rings. The molecule has 10 heavy (non-hydrogen) atoms. The minimum absolute atomic E-state index is 0.102. The molecule has 56 valence electrons. The molecule has 0 saturated carbocycles. The molecule has 0 radical (unpaired) electrons. The SMILES string of the molecule is Cn1ccc(S(N)(=O)=O)n1. The maximum Gasteiger partial charge on any atom is 0.257 e. The first-order valence-corrected chi connectivity index (χ1v) is 4.07. The van der Waals surface area contributed by atoms with Gasteiger partial charge in [0.05, 0.1) is 0 Å². The smallest absolute Gasteiger partial charge is 0.257 e. The summed E-state index contributed by atoms with van der Waals surface area (Å²) < 4.78 is 22.5. The lowest BCUT2D eigenvalue weighted by molar-refractivity contribution is 0.589. The molecule has 0 saturated heterocycles. The number of primary sulfonamides is 1. The molecule has 1 heterocycles. The van der Waals surface area contributed by atoms with Gasteiger partial charge in [-0.05, 0) is 6.07 Å². The Hall–Kier alpha value is -0.880. The van der Waals surface area contributed by atoms with Crippen molar-refractivity contribution in [1.82, 2.24) is 9.78 Å². The number of nitrogens with zero attached hydrogens (tertiary/aromatic N) is 2. The van der Waals surface area contributed by atoms with Crippen LogP contribution in [0.1, 0.15) is 0 Å². The second kappa shape index (κ2) is 2.06. The Morgan fingerprint density at radius 3 is 2.50 bits per heavy atom. The Bertz CT molecular complexity index is 326. The summed E-state index contributed by atoms with van der Waals surface area (Å²) in [5.41, 5.74) is 0. The Morgan fingerprint density at radius 2 is 2.30 bits per heavy atom. The highest BCUT2D eigenvalue weighted by atomic mass is 32.2. The molecule has 2 N–H and O–H groups in total. The maximum atomic E-state index is 10.5. The van der Waals surface area contributed by atoms with Crippen LogP contribution in [0.4, 0.5) is 0 Å².